The molecule has 0 amide bonds. The summed E-state index contributed by atoms with van der Waals surface area (Å²) in [7, 11) is 0. The van der Waals surface area contributed by atoms with Gasteiger partial charge in [0.1, 0.15) is 11.5 Å². The van der Waals surface area contributed by atoms with E-state index >= 15 is 0 Å². The minimum absolute atomic E-state index is 0.0491. The van der Waals surface area contributed by atoms with Gasteiger partial charge in [-0.05, 0) is 25.2 Å². The Balaban J connectivity index is 1.86. The van der Waals surface area contributed by atoms with Crippen LogP contribution in [0.4, 0.5) is 0 Å². The number of nitrogens with two attached hydrogens (primary N) is 1. The van der Waals surface area contributed by atoms with Crippen molar-refractivity contribution in [3.8, 4) is 0 Å². The van der Waals surface area contributed by atoms with Crippen LogP contribution in [0.15, 0.2) is 11.5 Å². The molecule has 4 N–H and O–H groups in total. The van der Waals surface area contributed by atoms with Gasteiger partial charge in [0.05, 0.1) is 6.04 Å². The van der Waals surface area contributed by atoms with Crippen LogP contribution in [0.3, 0.4) is 0 Å². The summed E-state index contributed by atoms with van der Waals surface area (Å²) in [5.74, 6) is 1.03. The lowest BCUT2D eigenvalue weighted by atomic mass is 9.84. The van der Waals surface area contributed by atoms with E-state index in [2.05, 4.69) is 0 Å². The molecule has 0 unspecified atom stereocenters. The first-order valence-electron chi connectivity index (χ1n) is 6.56. The Kier molecular flexibility index (Phi) is 3.74. The maximum Gasteiger partial charge on any atom is 0.146 e. The standard InChI is InChI=1S/C13H23NO2/c14-11(8-9-4-2-1-3-5-9)13(16)12(15)10-6-7-10/h9-11,15-16H,1-8,14H2/b13-12-/t11-/m0/s1. The fourth-order valence-corrected chi connectivity index (χ4v) is 2.65. The number of allylic oxidation sites excluding steroid dienone is 1. The number of aliphatic hydroxyl groups excluding tert-OH is 2. The Morgan fingerprint density at radius 1 is 1.06 bits per heavy atom. The minimum atomic E-state index is -0.358. The summed E-state index contributed by atoms with van der Waals surface area (Å²) in [4.78, 5) is 0. The molecule has 0 heterocycles. The van der Waals surface area contributed by atoms with Crippen molar-refractivity contribution in [1.82, 2.24) is 0 Å². The van der Waals surface area contributed by atoms with Gasteiger partial charge in [0, 0.05) is 5.92 Å². The lowest BCUT2D eigenvalue weighted by Gasteiger charge is -2.24. The van der Waals surface area contributed by atoms with Gasteiger partial charge >= 0.3 is 0 Å². The molecule has 2 saturated carbocycles. The maximum atomic E-state index is 9.83. The second kappa shape index (κ2) is 5.09. The zero-order chi connectivity index (χ0) is 11.5. The minimum Gasteiger partial charge on any atom is -0.508 e. The summed E-state index contributed by atoms with van der Waals surface area (Å²) >= 11 is 0. The molecule has 16 heavy (non-hydrogen) atoms. The van der Waals surface area contributed by atoms with Gasteiger partial charge in [-0.3, -0.25) is 0 Å². The average molecular weight is 225 g/mol. The molecule has 0 radical (unpaired) electrons. The van der Waals surface area contributed by atoms with E-state index in [1.54, 1.807) is 0 Å². The molecular weight excluding hydrogens is 202 g/mol. The Bertz CT molecular complexity index is 265. The summed E-state index contributed by atoms with van der Waals surface area (Å²) in [6.45, 7) is 0. The molecular formula is C13H23NO2. The van der Waals surface area contributed by atoms with Crippen LogP contribution in [0.1, 0.15) is 51.4 Å². The van der Waals surface area contributed by atoms with Crippen LogP contribution in [-0.2, 0) is 0 Å². The highest BCUT2D eigenvalue weighted by Gasteiger charge is 2.31. The van der Waals surface area contributed by atoms with Gasteiger partial charge in [-0.15, -0.1) is 0 Å². The molecule has 0 aromatic rings. The molecule has 2 fully saturated rings. The van der Waals surface area contributed by atoms with E-state index < -0.39 is 0 Å². The van der Waals surface area contributed by atoms with E-state index in [9.17, 15) is 10.2 Å². The van der Waals surface area contributed by atoms with E-state index in [4.69, 9.17) is 5.73 Å². The molecule has 0 aliphatic heterocycles. The number of rotatable bonds is 4. The Morgan fingerprint density at radius 2 is 1.69 bits per heavy atom. The summed E-state index contributed by atoms with van der Waals surface area (Å²) < 4.78 is 0. The van der Waals surface area contributed by atoms with Gasteiger partial charge in [0.2, 0.25) is 0 Å². The third-order valence-electron chi connectivity index (χ3n) is 3.89. The van der Waals surface area contributed by atoms with Crippen molar-refractivity contribution >= 4 is 0 Å². The predicted octanol–water partition coefficient (Wildman–Crippen LogP) is 3.02. The third kappa shape index (κ3) is 2.91. The van der Waals surface area contributed by atoms with Crippen LogP contribution in [-0.4, -0.2) is 16.3 Å². The van der Waals surface area contributed by atoms with Crippen molar-refractivity contribution in [2.24, 2.45) is 17.6 Å². The third-order valence-corrected chi connectivity index (χ3v) is 3.89. The van der Waals surface area contributed by atoms with Crippen LogP contribution in [0.25, 0.3) is 0 Å². The van der Waals surface area contributed by atoms with Crippen molar-refractivity contribution in [1.29, 1.82) is 0 Å². The highest BCUT2D eigenvalue weighted by atomic mass is 16.3. The van der Waals surface area contributed by atoms with Gasteiger partial charge < -0.3 is 15.9 Å². The normalized spacial score (nSPS) is 26.3. The Labute approximate surface area is 97.3 Å². The first kappa shape index (κ1) is 11.8. The lowest BCUT2D eigenvalue weighted by Crippen LogP contribution is -2.28. The topological polar surface area (TPSA) is 66.5 Å². The van der Waals surface area contributed by atoms with Crippen molar-refractivity contribution in [3.63, 3.8) is 0 Å². The number of hydrogen-bond donors (Lipinski definition) is 3. The number of hydrogen-bond acceptors (Lipinski definition) is 3. The molecule has 0 aromatic heterocycles. The van der Waals surface area contributed by atoms with E-state index in [-0.39, 0.29) is 23.5 Å². The van der Waals surface area contributed by atoms with Crippen LogP contribution >= 0.6 is 0 Å². The van der Waals surface area contributed by atoms with Crippen molar-refractivity contribution in [2.45, 2.75) is 57.4 Å². The van der Waals surface area contributed by atoms with Gasteiger partial charge in [-0.1, -0.05) is 32.1 Å². The summed E-state index contributed by atoms with van der Waals surface area (Å²) in [6.07, 6.45) is 9.17. The molecule has 0 spiro atoms. The molecule has 0 saturated heterocycles. The largest absolute Gasteiger partial charge is 0.508 e. The smallest absolute Gasteiger partial charge is 0.146 e. The average Bonchev–Trinajstić information content (AvgIpc) is 3.12. The van der Waals surface area contributed by atoms with Crippen LogP contribution < -0.4 is 5.73 Å². The summed E-state index contributed by atoms with van der Waals surface area (Å²) in [6, 6.07) is -0.358. The molecule has 3 nitrogen and oxygen atoms in total. The zero-order valence-electron chi connectivity index (χ0n) is 9.86. The maximum absolute atomic E-state index is 9.83. The van der Waals surface area contributed by atoms with Gasteiger partial charge in [0.25, 0.3) is 0 Å². The molecule has 2 aliphatic carbocycles. The zero-order valence-corrected chi connectivity index (χ0v) is 9.86. The number of aliphatic hydroxyl groups is 2. The second-order valence-corrected chi connectivity index (χ2v) is 5.39. The van der Waals surface area contributed by atoms with Crippen LogP contribution in [0.2, 0.25) is 0 Å². The summed E-state index contributed by atoms with van der Waals surface area (Å²) in [5.41, 5.74) is 5.95. The van der Waals surface area contributed by atoms with Crippen LogP contribution in [0.5, 0.6) is 0 Å². The van der Waals surface area contributed by atoms with Crippen molar-refractivity contribution < 1.29 is 10.2 Å². The lowest BCUT2D eigenvalue weighted by molar-refractivity contribution is 0.253. The Morgan fingerprint density at radius 3 is 2.25 bits per heavy atom. The molecule has 1 atom stereocenters. The monoisotopic (exact) mass is 225 g/mol. The highest BCUT2D eigenvalue weighted by molar-refractivity contribution is 5.13. The van der Waals surface area contributed by atoms with Gasteiger partial charge in [0.15, 0.2) is 0 Å². The predicted molar refractivity (Wildman–Crippen MR) is 64.2 cm³/mol. The Hall–Kier alpha value is -0.700. The summed E-state index contributed by atoms with van der Waals surface area (Å²) in [5, 5.41) is 19.5. The van der Waals surface area contributed by atoms with E-state index in [0.717, 1.165) is 19.3 Å². The SMILES string of the molecule is N[C@@H](CC1CCCCC1)/C(O)=C(/O)C1CC1. The van der Waals surface area contributed by atoms with Gasteiger partial charge in [-0.2, -0.15) is 0 Å². The molecule has 0 aromatic carbocycles. The van der Waals surface area contributed by atoms with E-state index in [1.165, 1.54) is 32.1 Å². The van der Waals surface area contributed by atoms with E-state index in [1.807, 2.05) is 0 Å². The second-order valence-electron chi connectivity index (χ2n) is 5.39. The van der Waals surface area contributed by atoms with E-state index in [0.29, 0.717) is 5.92 Å². The molecule has 2 aliphatic rings. The molecule has 92 valence electrons. The first-order chi connectivity index (χ1) is 7.68. The fourth-order valence-electron chi connectivity index (χ4n) is 2.65. The molecule has 2 rings (SSSR count). The molecule has 3 heteroatoms. The van der Waals surface area contributed by atoms with Crippen molar-refractivity contribution in [2.75, 3.05) is 0 Å². The first-order valence-corrected chi connectivity index (χ1v) is 6.56. The fraction of sp³-hybridized carbons (Fsp3) is 0.846. The van der Waals surface area contributed by atoms with Crippen molar-refractivity contribution in [3.05, 3.63) is 11.5 Å². The quantitative estimate of drug-likeness (QED) is 0.644. The van der Waals surface area contributed by atoms with Gasteiger partial charge in [-0.25, -0.2) is 0 Å². The molecule has 0 bridgehead atoms. The highest BCUT2D eigenvalue weighted by Crippen LogP contribution is 2.37. The van der Waals surface area contributed by atoms with Crippen LogP contribution in [0, 0.1) is 11.8 Å².